The number of nitrogens with one attached hydrogen (secondary N) is 2. The zero-order valence-corrected chi connectivity index (χ0v) is 18.1. The molecule has 32 heavy (non-hydrogen) atoms. The van der Waals surface area contributed by atoms with E-state index in [0.29, 0.717) is 0 Å². The molecule has 0 saturated carbocycles. The molecule has 7 nitrogen and oxygen atoms in total. The van der Waals surface area contributed by atoms with Crippen molar-refractivity contribution in [3.05, 3.63) is 59.7 Å². The summed E-state index contributed by atoms with van der Waals surface area (Å²) in [6, 6.07) is 14.0. The second kappa shape index (κ2) is 10.5. The molecule has 2 aromatic rings. The molecule has 0 fully saturated rings. The fourth-order valence-corrected chi connectivity index (χ4v) is 3.81. The van der Waals surface area contributed by atoms with Crippen molar-refractivity contribution < 1.29 is 24.2 Å². The van der Waals surface area contributed by atoms with Crippen molar-refractivity contribution in [2.75, 3.05) is 6.61 Å². The van der Waals surface area contributed by atoms with E-state index < -0.39 is 30.1 Å². The van der Waals surface area contributed by atoms with Crippen molar-refractivity contribution in [1.82, 2.24) is 10.6 Å². The van der Waals surface area contributed by atoms with E-state index in [-0.39, 0.29) is 25.4 Å². The lowest BCUT2D eigenvalue weighted by atomic mass is 9.98. The minimum absolute atomic E-state index is 0.0149. The van der Waals surface area contributed by atoms with Gasteiger partial charge in [0.15, 0.2) is 0 Å². The molecule has 0 saturated heterocycles. The van der Waals surface area contributed by atoms with Crippen LogP contribution in [0.15, 0.2) is 48.5 Å². The number of fused-ring (bicyclic) bond motifs is 3. The maximum atomic E-state index is 12.5. The van der Waals surface area contributed by atoms with E-state index in [1.807, 2.05) is 48.5 Å². The van der Waals surface area contributed by atoms with Crippen molar-refractivity contribution in [2.24, 2.45) is 0 Å². The van der Waals surface area contributed by atoms with Gasteiger partial charge in [0, 0.05) is 12.3 Å². The van der Waals surface area contributed by atoms with Gasteiger partial charge in [0.2, 0.25) is 5.91 Å². The number of carboxylic acids is 1. The molecule has 1 aliphatic carbocycles. The normalized spacial score (nSPS) is 13.6. The minimum Gasteiger partial charge on any atom is -0.480 e. The van der Waals surface area contributed by atoms with Crippen LogP contribution in [0.3, 0.4) is 0 Å². The number of benzene rings is 2. The quantitative estimate of drug-likeness (QED) is 0.553. The first-order valence-corrected chi connectivity index (χ1v) is 10.5. The summed E-state index contributed by atoms with van der Waals surface area (Å²) in [5, 5.41) is 14.2. The number of amides is 2. The Morgan fingerprint density at radius 1 is 1.00 bits per heavy atom. The third-order valence-corrected chi connectivity index (χ3v) is 5.46. The van der Waals surface area contributed by atoms with Crippen molar-refractivity contribution in [2.45, 2.75) is 44.7 Å². The van der Waals surface area contributed by atoms with Gasteiger partial charge in [0.1, 0.15) is 18.7 Å². The molecule has 0 bridgehead atoms. The minimum atomic E-state index is -1.18. The number of alkyl carbamates (subject to hydrolysis) is 1. The Kier molecular flexibility index (Phi) is 7.50. The number of carbonyl (C=O) groups is 3. The van der Waals surface area contributed by atoms with E-state index in [9.17, 15) is 19.5 Å². The number of hydrogen-bond donors (Lipinski definition) is 3. The lowest BCUT2D eigenvalue weighted by Crippen LogP contribution is -2.51. The van der Waals surface area contributed by atoms with Gasteiger partial charge in [-0.15, -0.1) is 11.8 Å². The first-order valence-electron chi connectivity index (χ1n) is 10.5. The molecule has 166 valence electrons. The Bertz CT molecular complexity index is 1020. The summed E-state index contributed by atoms with van der Waals surface area (Å²) in [5.41, 5.74) is 4.43. The van der Waals surface area contributed by atoms with Gasteiger partial charge in [-0.1, -0.05) is 55.5 Å². The van der Waals surface area contributed by atoms with Crippen LogP contribution in [0.25, 0.3) is 11.1 Å². The summed E-state index contributed by atoms with van der Waals surface area (Å²) in [6.45, 7) is 3.44. The molecule has 1 unspecified atom stereocenters. The molecule has 0 heterocycles. The van der Waals surface area contributed by atoms with E-state index in [2.05, 4.69) is 22.5 Å². The molecule has 3 N–H and O–H groups in total. The van der Waals surface area contributed by atoms with Crippen molar-refractivity contribution in [3.63, 3.8) is 0 Å². The van der Waals surface area contributed by atoms with Crippen molar-refractivity contribution in [3.8, 4) is 23.0 Å². The number of hydrogen-bond acceptors (Lipinski definition) is 4. The highest BCUT2D eigenvalue weighted by Crippen LogP contribution is 2.44. The third-order valence-electron chi connectivity index (χ3n) is 5.46. The third kappa shape index (κ3) is 5.09. The topological polar surface area (TPSA) is 105 Å². The second-order valence-corrected chi connectivity index (χ2v) is 7.46. The molecule has 0 aliphatic heterocycles. The summed E-state index contributed by atoms with van der Waals surface area (Å²) >= 11 is 0. The highest BCUT2D eigenvalue weighted by Gasteiger charge is 2.30. The zero-order chi connectivity index (χ0) is 23.1. The zero-order valence-electron chi connectivity index (χ0n) is 18.1. The van der Waals surface area contributed by atoms with Gasteiger partial charge < -0.3 is 20.5 Å². The van der Waals surface area contributed by atoms with E-state index in [1.54, 1.807) is 13.8 Å². The SMILES string of the molecule is CC#CCC(NC(=O)[C@H](CC)NC(=O)OCC1c2ccccc2-c2ccccc21)C(=O)O. The summed E-state index contributed by atoms with van der Waals surface area (Å²) < 4.78 is 5.47. The molecule has 0 spiro atoms. The fourth-order valence-electron chi connectivity index (χ4n) is 3.81. The standard InChI is InChI=1S/C25H26N2O5/c1-3-5-14-22(24(29)30)26-23(28)21(4-2)27-25(31)32-15-20-18-12-8-6-10-16(18)17-11-7-9-13-19(17)20/h6-13,20-22H,4,14-15H2,1-2H3,(H,26,28)(H,27,31)(H,29,30)/t21-,22?/m0/s1. The maximum absolute atomic E-state index is 12.5. The van der Waals surface area contributed by atoms with E-state index in [4.69, 9.17) is 4.74 Å². The Morgan fingerprint density at radius 3 is 2.12 bits per heavy atom. The number of ether oxygens (including phenoxy) is 1. The van der Waals surface area contributed by atoms with Crippen molar-refractivity contribution >= 4 is 18.0 Å². The number of carboxylic acid groups (broad SMARTS) is 1. The largest absolute Gasteiger partial charge is 0.480 e. The molecule has 2 aromatic carbocycles. The van der Waals surface area contributed by atoms with Gasteiger partial charge in [0.05, 0.1) is 0 Å². The van der Waals surface area contributed by atoms with Crippen LogP contribution < -0.4 is 10.6 Å². The van der Waals surface area contributed by atoms with Crippen LogP contribution in [0.2, 0.25) is 0 Å². The molecule has 2 amide bonds. The Labute approximate surface area is 187 Å². The van der Waals surface area contributed by atoms with Crippen LogP contribution in [-0.2, 0) is 14.3 Å². The number of aliphatic carboxylic acids is 1. The first kappa shape index (κ1) is 22.9. The van der Waals surface area contributed by atoms with Gasteiger partial charge in [-0.05, 0) is 35.6 Å². The van der Waals surface area contributed by atoms with Crippen LogP contribution >= 0.6 is 0 Å². The molecule has 7 heteroatoms. The molecule has 3 rings (SSSR count). The monoisotopic (exact) mass is 434 g/mol. The molecular weight excluding hydrogens is 408 g/mol. The van der Waals surface area contributed by atoms with Gasteiger partial charge in [-0.3, -0.25) is 4.79 Å². The molecule has 1 aliphatic rings. The van der Waals surface area contributed by atoms with E-state index >= 15 is 0 Å². The van der Waals surface area contributed by atoms with Gasteiger partial charge in [-0.25, -0.2) is 9.59 Å². The van der Waals surface area contributed by atoms with Crippen LogP contribution in [-0.4, -0.2) is 41.8 Å². The van der Waals surface area contributed by atoms with Crippen LogP contribution in [0.4, 0.5) is 4.79 Å². The predicted octanol–water partition coefficient (Wildman–Crippen LogP) is 3.29. The second-order valence-electron chi connectivity index (χ2n) is 7.46. The van der Waals surface area contributed by atoms with Gasteiger partial charge in [-0.2, -0.15) is 0 Å². The van der Waals surface area contributed by atoms with Crippen LogP contribution in [0, 0.1) is 11.8 Å². The first-order chi connectivity index (χ1) is 15.5. The highest BCUT2D eigenvalue weighted by molar-refractivity contribution is 5.89. The van der Waals surface area contributed by atoms with Gasteiger partial charge >= 0.3 is 12.1 Å². The lowest BCUT2D eigenvalue weighted by molar-refractivity contribution is -0.141. The number of carbonyl (C=O) groups excluding carboxylic acids is 2. The van der Waals surface area contributed by atoms with Gasteiger partial charge in [0.25, 0.3) is 0 Å². The highest BCUT2D eigenvalue weighted by atomic mass is 16.5. The molecule has 0 radical (unpaired) electrons. The average molecular weight is 434 g/mol. The van der Waals surface area contributed by atoms with Crippen LogP contribution in [0.5, 0.6) is 0 Å². The fraction of sp³-hybridized carbons (Fsp3) is 0.320. The lowest BCUT2D eigenvalue weighted by Gasteiger charge is -2.20. The van der Waals surface area contributed by atoms with E-state index in [1.165, 1.54) is 0 Å². The predicted molar refractivity (Wildman–Crippen MR) is 120 cm³/mol. The summed E-state index contributed by atoms with van der Waals surface area (Å²) in [7, 11) is 0. The van der Waals surface area contributed by atoms with Crippen molar-refractivity contribution in [1.29, 1.82) is 0 Å². The molecule has 0 aromatic heterocycles. The summed E-state index contributed by atoms with van der Waals surface area (Å²) in [5.74, 6) is 3.38. The smallest absolute Gasteiger partial charge is 0.407 e. The number of rotatable bonds is 8. The molecule has 2 atom stereocenters. The Balaban J connectivity index is 1.62. The van der Waals surface area contributed by atoms with Crippen LogP contribution in [0.1, 0.15) is 43.7 Å². The Morgan fingerprint density at radius 2 is 1.59 bits per heavy atom. The molecular formula is C25H26N2O5. The average Bonchev–Trinajstić information content (AvgIpc) is 3.12. The summed E-state index contributed by atoms with van der Waals surface area (Å²) in [4.78, 5) is 36.3. The van der Waals surface area contributed by atoms with E-state index in [0.717, 1.165) is 22.3 Å². The Hall–Kier alpha value is -3.79. The summed E-state index contributed by atoms with van der Waals surface area (Å²) in [6.07, 6.45) is -0.463. The maximum Gasteiger partial charge on any atom is 0.407 e.